The predicted molar refractivity (Wildman–Crippen MR) is 95.9 cm³/mol. The standard InChI is InChI=1S/C20H19F3N2O4/c1-10(2)29-19(27)15-11(3)25-14(9-24)17(18(26)28-4)16(15)12-7-5-6-8-13(12)20(21,22)23/h5-8,10,16,25H,1-4H3. The van der Waals surface area contributed by atoms with E-state index in [4.69, 9.17) is 9.47 Å². The first kappa shape index (κ1) is 22.0. The second-order valence-corrected chi connectivity index (χ2v) is 6.53. The van der Waals surface area contributed by atoms with Crippen LogP contribution in [0.15, 0.2) is 46.8 Å². The monoisotopic (exact) mass is 408 g/mol. The van der Waals surface area contributed by atoms with Gasteiger partial charge in [-0.2, -0.15) is 18.4 Å². The van der Waals surface area contributed by atoms with E-state index in [1.807, 2.05) is 0 Å². The Balaban J connectivity index is 2.86. The van der Waals surface area contributed by atoms with Crippen LogP contribution in [-0.2, 0) is 25.2 Å². The molecule has 1 aromatic carbocycles. The summed E-state index contributed by atoms with van der Waals surface area (Å²) < 4.78 is 50.9. The quantitative estimate of drug-likeness (QED) is 0.767. The highest BCUT2D eigenvalue weighted by atomic mass is 19.4. The maximum Gasteiger partial charge on any atom is 0.416 e. The predicted octanol–water partition coefficient (Wildman–Crippen LogP) is 3.57. The van der Waals surface area contributed by atoms with Gasteiger partial charge in [0.25, 0.3) is 0 Å². The Hall–Kier alpha value is -3.28. The van der Waals surface area contributed by atoms with E-state index in [9.17, 15) is 28.0 Å². The molecule has 29 heavy (non-hydrogen) atoms. The van der Waals surface area contributed by atoms with E-state index in [1.54, 1.807) is 19.9 Å². The minimum Gasteiger partial charge on any atom is -0.466 e. The molecule has 1 heterocycles. The fraction of sp³-hybridized carbons (Fsp3) is 0.350. The SMILES string of the molecule is COC(=O)C1=C(C#N)NC(C)=C(C(=O)OC(C)C)C1c1ccccc1C(F)(F)F. The van der Waals surface area contributed by atoms with Crippen LogP contribution in [0.25, 0.3) is 0 Å². The maximum atomic E-state index is 13.7. The number of esters is 2. The van der Waals surface area contributed by atoms with Gasteiger partial charge < -0.3 is 14.8 Å². The maximum absolute atomic E-state index is 13.7. The van der Waals surface area contributed by atoms with E-state index < -0.39 is 41.3 Å². The number of nitriles is 1. The lowest BCUT2D eigenvalue weighted by atomic mass is 9.78. The van der Waals surface area contributed by atoms with Crippen molar-refractivity contribution < 1.29 is 32.2 Å². The number of benzene rings is 1. The van der Waals surface area contributed by atoms with Crippen molar-refractivity contribution in [1.82, 2.24) is 5.32 Å². The van der Waals surface area contributed by atoms with Crippen LogP contribution in [0.2, 0.25) is 0 Å². The number of carbonyl (C=O) groups excluding carboxylic acids is 2. The Labute approximate surface area is 165 Å². The molecule has 1 aliphatic rings. The molecule has 0 saturated carbocycles. The molecule has 1 aromatic rings. The Morgan fingerprint density at radius 3 is 2.31 bits per heavy atom. The highest BCUT2D eigenvalue weighted by molar-refractivity contribution is 6.00. The Morgan fingerprint density at radius 1 is 1.17 bits per heavy atom. The number of dihydropyridines is 1. The Kier molecular flexibility index (Phi) is 6.37. The molecule has 2 rings (SSSR count). The van der Waals surface area contributed by atoms with Crippen LogP contribution in [0.4, 0.5) is 13.2 Å². The topological polar surface area (TPSA) is 88.4 Å². The molecule has 1 unspecified atom stereocenters. The van der Waals surface area contributed by atoms with E-state index in [0.29, 0.717) is 0 Å². The fourth-order valence-electron chi connectivity index (χ4n) is 3.11. The van der Waals surface area contributed by atoms with Gasteiger partial charge in [0.1, 0.15) is 11.8 Å². The molecular formula is C20H19F3N2O4. The molecule has 1 atom stereocenters. The largest absolute Gasteiger partial charge is 0.466 e. The van der Waals surface area contributed by atoms with Gasteiger partial charge in [-0.1, -0.05) is 18.2 Å². The molecule has 0 spiro atoms. The Morgan fingerprint density at radius 2 is 1.79 bits per heavy atom. The number of allylic oxidation sites excluding steroid dienone is 2. The van der Waals surface area contributed by atoms with E-state index in [1.165, 1.54) is 19.1 Å². The summed E-state index contributed by atoms with van der Waals surface area (Å²) in [7, 11) is 1.04. The van der Waals surface area contributed by atoms with Crippen molar-refractivity contribution in [3.63, 3.8) is 0 Å². The van der Waals surface area contributed by atoms with Gasteiger partial charge in [-0.15, -0.1) is 0 Å². The zero-order valence-corrected chi connectivity index (χ0v) is 16.2. The van der Waals surface area contributed by atoms with Crippen molar-refractivity contribution in [2.24, 2.45) is 0 Å². The molecule has 0 radical (unpaired) electrons. The number of nitrogens with zero attached hydrogens (tertiary/aromatic N) is 1. The van der Waals surface area contributed by atoms with Crippen LogP contribution in [0, 0.1) is 11.3 Å². The first-order chi connectivity index (χ1) is 13.5. The van der Waals surface area contributed by atoms with Gasteiger partial charge >= 0.3 is 18.1 Å². The average Bonchev–Trinajstić information content (AvgIpc) is 2.64. The number of carbonyl (C=O) groups is 2. The van der Waals surface area contributed by atoms with Crippen molar-refractivity contribution in [1.29, 1.82) is 5.26 Å². The van der Waals surface area contributed by atoms with Crippen molar-refractivity contribution in [3.05, 3.63) is 57.9 Å². The van der Waals surface area contributed by atoms with Gasteiger partial charge in [0.05, 0.1) is 35.8 Å². The highest BCUT2D eigenvalue weighted by Crippen LogP contribution is 2.44. The minimum absolute atomic E-state index is 0.113. The molecule has 6 nitrogen and oxygen atoms in total. The summed E-state index contributed by atoms with van der Waals surface area (Å²) in [6, 6.07) is 6.32. The van der Waals surface area contributed by atoms with Crippen molar-refractivity contribution in [2.75, 3.05) is 7.11 Å². The number of hydrogen-bond donors (Lipinski definition) is 1. The fourth-order valence-corrected chi connectivity index (χ4v) is 3.11. The van der Waals surface area contributed by atoms with Gasteiger partial charge in [0, 0.05) is 5.70 Å². The van der Waals surface area contributed by atoms with Crippen molar-refractivity contribution >= 4 is 11.9 Å². The lowest BCUT2D eigenvalue weighted by molar-refractivity contribution is -0.144. The lowest BCUT2D eigenvalue weighted by Gasteiger charge is -2.31. The number of ether oxygens (including phenoxy) is 2. The van der Waals surface area contributed by atoms with Crippen molar-refractivity contribution in [2.45, 2.75) is 39.0 Å². The van der Waals surface area contributed by atoms with Gasteiger partial charge in [-0.25, -0.2) is 9.59 Å². The second kappa shape index (κ2) is 8.39. The summed E-state index contributed by atoms with van der Waals surface area (Å²) in [4.78, 5) is 25.2. The van der Waals surface area contributed by atoms with Crippen LogP contribution in [-0.4, -0.2) is 25.2 Å². The van der Waals surface area contributed by atoms with Crippen LogP contribution in [0.3, 0.4) is 0 Å². The molecular weight excluding hydrogens is 389 g/mol. The first-order valence-electron chi connectivity index (χ1n) is 8.60. The number of nitrogens with one attached hydrogen (secondary N) is 1. The smallest absolute Gasteiger partial charge is 0.416 e. The number of hydrogen-bond acceptors (Lipinski definition) is 6. The summed E-state index contributed by atoms with van der Waals surface area (Å²) in [6.45, 7) is 4.59. The molecule has 0 bridgehead atoms. The van der Waals surface area contributed by atoms with Crippen LogP contribution < -0.4 is 5.32 Å². The lowest BCUT2D eigenvalue weighted by Crippen LogP contribution is -2.34. The zero-order valence-electron chi connectivity index (χ0n) is 16.2. The molecule has 0 amide bonds. The summed E-state index contributed by atoms with van der Waals surface area (Å²) >= 11 is 0. The molecule has 0 aromatic heterocycles. The number of halogens is 3. The van der Waals surface area contributed by atoms with Gasteiger partial charge in [-0.05, 0) is 32.4 Å². The molecule has 1 aliphatic heterocycles. The van der Waals surface area contributed by atoms with Gasteiger partial charge in [0.2, 0.25) is 0 Å². The molecule has 1 N–H and O–H groups in total. The summed E-state index contributed by atoms with van der Waals surface area (Å²) in [6.07, 6.45) is -5.31. The first-order valence-corrected chi connectivity index (χ1v) is 8.60. The molecule has 0 fully saturated rings. The number of rotatable bonds is 4. The number of methoxy groups -OCH3 is 1. The third-order valence-corrected chi connectivity index (χ3v) is 4.22. The van der Waals surface area contributed by atoms with E-state index in [0.717, 1.165) is 19.2 Å². The van der Waals surface area contributed by atoms with Crippen LogP contribution in [0.1, 0.15) is 37.8 Å². The normalized spacial score (nSPS) is 17.0. The Bertz CT molecular complexity index is 940. The van der Waals surface area contributed by atoms with E-state index >= 15 is 0 Å². The van der Waals surface area contributed by atoms with E-state index in [-0.39, 0.29) is 22.5 Å². The summed E-state index contributed by atoms with van der Waals surface area (Å²) in [5.41, 5.74) is -2.17. The van der Waals surface area contributed by atoms with Gasteiger partial charge in [-0.3, -0.25) is 0 Å². The second-order valence-electron chi connectivity index (χ2n) is 6.53. The third-order valence-electron chi connectivity index (χ3n) is 4.22. The van der Waals surface area contributed by atoms with E-state index in [2.05, 4.69) is 5.32 Å². The molecule has 154 valence electrons. The highest BCUT2D eigenvalue weighted by Gasteiger charge is 2.43. The number of alkyl halides is 3. The van der Waals surface area contributed by atoms with Crippen LogP contribution >= 0.6 is 0 Å². The minimum atomic E-state index is -4.75. The van der Waals surface area contributed by atoms with Crippen LogP contribution in [0.5, 0.6) is 0 Å². The average molecular weight is 408 g/mol. The molecule has 0 aliphatic carbocycles. The van der Waals surface area contributed by atoms with Crippen molar-refractivity contribution in [3.8, 4) is 6.07 Å². The molecule has 9 heteroatoms. The van der Waals surface area contributed by atoms with Gasteiger partial charge in [0.15, 0.2) is 0 Å². The summed E-state index contributed by atoms with van der Waals surface area (Å²) in [5.74, 6) is -3.42. The molecule has 0 saturated heterocycles. The zero-order chi connectivity index (χ0) is 21.9. The third kappa shape index (κ3) is 4.42. The summed E-state index contributed by atoms with van der Waals surface area (Å²) in [5, 5.41) is 12.1.